The molecule has 0 spiro atoms. The fourth-order valence-corrected chi connectivity index (χ4v) is 1.84. The molecule has 0 radical (unpaired) electrons. The van der Waals surface area contributed by atoms with Gasteiger partial charge in [0, 0.05) is 6.20 Å². The van der Waals surface area contributed by atoms with E-state index >= 15 is 0 Å². The number of fused-ring (bicyclic) bond motifs is 1. The highest BCUT2D eigenvalue weighted by molar-refractivity contribution is 5.38. The van der Waals surface area contributed by atoms with Gasteiger partial charge in [0.2, 0.25) is 0 Å². The van der Waals surface area contributed by atoms with E-state index in [2.05, 4.69) is 10.1 Å². The minimum atomic E-state index is -0.197. The van der Waals surface area contributed by atoms with E-state index in [1.807, 2.05) is 25.3 Å². The molecule has 1 aliphatic carbocycles. The van der Waals surface area contributed by atoms with Crippen LogP contribution in [0.5, 0.6) is 0 Å². The number of hydrogen-bond donors (Lipinski definition) is 1. The lowest BCUT2D eigenvalue weighted by molar-refractivity contribution is 0.0344. The lowest BCUT2D eigenvalue weighted by Crippen LogP contribution is -2.27. The highest BCUT2D eigenvalue weighted by atomic mass is 16.5. The molecule has 0 aliphatic heterocycles. The minimum Gasteiger partial charge on any atom is -0.373 e. The molecule has 0 saturated heterocycles. The molecule has 0 amide bonds. The highest BCUT2D eigenvalue weighted by Crippen LogP contribution is 2.28. The molecule has 3 rings (SSSR count). The molecule has 2 N–H and O–H groups in total. The zero-order valence-corrected chi connectivity index (χ0v) is 9.78. The fourth-order valence-electron chi connectivity index (χ4n) is 1.84. The summed E-state index contributed by atoms with van der Waals surface area (Å²) in [7, 11) is 0. The van der Waals surface area contributed by atoms with Crippen LogP contribution < -0.4 is 5.73 Å². The molecule has 17 heavy (non-hydrogen) atoms. The van der Waals surface area contributed by atoms with E-state index in [1.54, 1.807) is 10.7 Å². The van der Waals surface area contributed by atoms with Crippen molar-refractivity contribution in [2.24, 2.45) is 5.73 Å². The summed E-state index contributed by atoms with van der Waals surface area (Å²) < 4.78 is 7.51. The normalized spacial score (nSPS) is 19.4. The molecule has 1 unspecified atom stereocenters. The maximum Gasteiger partial charge on any atom is 0.153 e. The molecule has 2 atom stereocenters. The van der Waals surface area contributed by atoms with Crippen LogP contribution in [-0.4, -0.2) is 26.8 Å². The second kappa shape index (κ2) is 4.09. The van der Waals surface area contributed by atoms with E-state index in [4.69, 9.17) is 10.5 Å². The largest absolute Gasteiger partial charge is 0.373 e. The zero-order chi connectivity index (χ0) is 11.8. The van der Waals surface area contributed by atoms with Crippen molar-refractivity contribution in [1.82, 2.24) is 14.6 Å². The molecular weight excluding hydrogens is 216 g/mol. The third-order valence-corrected chi connectivity index (χ3v) is 3.03. The first-order chi connectivity index (χ1) is 8.24. The molecule has 5 heteroatoms. The Kier molecular flexibility index (Phi) is 2.57. The Balaban J connectivity index is 1.81. The Morgan fingerprint density at radius 2 is 2.35 bits per heavy atom. The molecule has 5 nitrogen and oxygen atoms in total. The maximum absolute atomic E-state index is 6.15. The van der Waals surface area contributed by atoms with Crippen LogP contribution in [0, 0.1) is 0 Å². The third kappa shape index (κ3) is 2.16. The number of ether oxygens (including phenoxy) is 1. The lowest BCUT2D eigenvalue weighted by atomic mass is 10.1. The van der Waals surface area contributed by atoms with Gasteiger partial charge in [0.1, 0.15) is 0 Å². The van der Waals surface area contributed by atoms with E-state index in [9.17, 15) is 0 Å². The number of imidazole rings is 1. The van der Waals surface area contributed by atoms with Crippen LogP contribution in [0.4, 0.5) is 0 Å². The summed E-state index contributed by atoms with van der Waals surface area (Å²) in [6, 6.07) is 3.58. The van der Waals surface area contributed by atoms with E-state index in [-0.39, 0.29) is 12.1 Å². The van der Waals surface area contributed by atoms with Gasteiger partial charge < -0.3 is 10.5 Å². The topological polar surface area (TPSA) is 65.4 Å². The molecule has 0 bridgehead atoms. The summed E-state index contributed by atoms with van der Waals surface area (Å²) in [6.45, 7) is 2.00. The van der Waals surface area contributed by atoms with Crippen LogP contribution in [0.3, 0.4) is 0 Å². The van der Waals surface area contributed by atoms with Gasteiger partial charge >= 0.3 is 0 Å². The smallest absolute Gasteiger partial charge is 0.153 e. The Morgan fingerprint density at radius 1 is 1.53 bits per heavy atom. The summed E-state index contributed by atoms with van der Waals surface area (Å²) in [5, 5.41) is 4.17. The van der Waals surface area contributed by atoms with E-state index in [1.165, 1.54) is 0 Å². The summed E-state index contributed by atoms with van der Waals surface area (Å²) in [5.41, 5.74) is 7.80. The second-order valence-corrected chi connectivity index (χ2v) is 4.56. The molecule has 0 aromatic carbocycles. The van der Waals surface area contributed by atoms with Gasteiger partial charge in [0.25, 0.3) is 0 Å². The number of aromatic nitrogens is 3. The van der Waals surface area contributed by atoms with E-state index < -0.39 is 0 Å². The fraction of sp³-hybridized carbons (Fsp3) is 0.500. The number of rotatable bonds is 4. The molecule has 2 aromatic rings. The van der Waals surface area contributed by atoms with Crippen molar-refractivity contribution in [3.05, 3.63) is 30.2 Å². The summed E-state index contributed by atoms with van der Waals surface area (Å²) in [4.78, 5) is 4.46. The third-order valence-electron chi connectivity index (χ3n) is 3.03. The van der Waals surface area contributed by atoms with Crippen LogP contribution in [-0.2, 0) is 4.74 Å². The van der Waals surface area contributed by atoms with Gasteiger partial charge in [-0.15, -0.1) is 0 Å². The summed E-state index contributed by atoms with van der Waals surface area (Å²) >= 11 is 0. The van der Waals surface area contributed by atoms with Gasteiger partial charge in [0.05, 0.1) is 30.1 Å². The van der Waals surface area contributed by atoms with Crippen LogP contribution >= 0.6 is 0 Å². The van der Waals surface area contributed by atoms with Gasteiger partial charge in [-0.25, -0.2) is 9.50 Å². The SMILES string of the molecule is CC(OC1CC1)[C@H](N)c1cn2ncccc2n1. The number of nitrogens with two attached hydrogens (primary N) is 1. The number of nitrogens with zero attached hydrogens (tertiary/aromatic N) is 3. The molecule has 1 fully saturated rings. The van der Waals surface area contributed by atoms with E-state index in [0.717, 1.165) is 24.2 Å². The Morgan fingerprint density at radius 3 is 3.06 bits per heavy atom. The molecule has 1 saturated carbocycles. The van der Waals surface area contributed by atoms with E-state index in [0.29, 0.717) is 6.10 Å². The van der Waals surface area contributed by atoms with Crippen molar-refractivity contribution in [3.8, 4) is 0 Å². The first-order valence-electron chi connectivity index (χ1n) is 5.95. The second-order valence-electron chi connectivity index (χ2n) is 4.56. The monoisotopic (exact) mass is 232 g/mol. The number of hydrogen-bond acceptors (Lipinski definition) is 4. The summed E-state index contributed by atoms with van der Waals surface area (Å²) in [5.74, 6) is 0. The first kappa shape index (κ1) is 10.7. The maximum atomic E-state index is 6.15. The molecule has 2 aromatic heterocycles. The molecular formula is C12H16N4O. The van der Waals surface area contributed by atoms with Crippen molar-refractivity contribution < 1.29 is 4.74 Å². The van der Waals surface area contributed by atoms with Crippen molar-refractivity contribution in [1.29, 1.82) is 0 Å². The predicted octanol–water partition coefficient (Wildman–Crippen LogP) is 1.30. The van der Waals surface area contributed by atoms with Crippen LogP contribution in [0.15, 0.2) is 24.5 Å². The first-order valence-corrected chi connectivity index (χ1v) is 5.95. The van der Waals surface area contributed by atoms with Gasteiger partial charge in [-0.05, 0) is 31.9 Å². The van der Waals surface area contributed by atoms with Crippen molar-refractivity contribution in [2.75, 3.05) is 0 Å². The van der Waals surface area contributed by atoms with Crippen LogP contribution in [0.25, 0.3) is 5.65 Å². The Labute approximate surface area is 99.6 Å². The highest BCUT2D eigenvalue weighted by Gasteiger charge is 2.28. The van der Waals surface area contributed by atoms with Gasteiger partial charge in [-0.1, -0.05) is 0 Å². The molecule has 90 valence electrons. The summed E-state index contributed by atoms with van der Waals surface area (Å²) in [6.07, 6.45) is 6.31. The van der Waals surface area contributed by atoms with Crippen LogP contribution in [0.2, 0.25) is 0 Å². The average Bonchev–Trinajstić information content (AvgIpc) is 3.04. The Hall–Kier alpha value is -1.46. The van der Waals surface area contributed by atoms with Crippen molar-refractivity contribution >= 4 is 5.65 Å². The van der Waals surface area contributed by atoms with Crippen LogP contribution in [0.1, 0.15) is 31.5 Å². The lowest BCUT2D eigenvalue weighted by Gasteiger charge is -2.18. The van der Waals surface area contributed by atoms with Gasteiger partial charge in [-0.3, -0.25) is 0 Å². The van der Waals surface area contributed by atoms with Gasteiger partial charge in [-0.2, -0.15) is 5.10 Å². The predicted molar refractivity (Wildman–Crippen MR) is 63.5 cm³/mol. The van der Waals surface area contributed by atoms with Crippen molar-refractivity contribution in [3.63, 3.8) is 0 Å². The Bertz CT molecular complexity index is 487. The molecule has 1 aliphatic rings. The van der Waals surface area contributed by atoms with Gasteiger partial charge in [0.15, 0.2) is 5.65 Å². The average molecular weight is 232 g/mol. The quantitative estimate of drug-likeness (QED) is 0.862. The minimum absolute atomic E-state index is 0.00703. The van der Waals surface area contributed by atoms with Crippen molar-refractivity contribution in [2.45, 2.75) is 38.0 Å². The zero-order valence-electron chi connectivity index (χ0n) is 9.78. The standard InChI is InChI=1S/C12H16N4O/c1-8(17-9-4-5-9)12(13)10-7-16-11(15-10)3-2-6-14-16/h2-3,6-9,12H,4-5,13H2,1H3/t8?,12-/m0/s1. The molecule has 2 heterocycles.